The summed E-state index contributed by atoms with van der Waals surface area (Å²) in [5.41, 5.74) is 2.36. The Morgan fingerprint density at radius 3 is 2.60 bits per heavy atom. The number of phenols is 2. The number of hydrogen-bond acceptors (Lipinski definition) is 3. The van der Waals surface area contributed by atoms with Crippen molar-refractivity contribution in [1.82, 2.24) is 5.32 Å². The Bertz CT molecular complexity index is 399. The maximum Gasteiger partial charge on any atom is 0.157 e. The Labute approximate surface area is 88.7 Å². The largest absolute Gasteiger partial charge is 0.504 e. The van der Waals surface area contributed by atoms with E-state index in [1.165, 1.54) is 24.0 Å². The van der Waals surface area contributed by atoms with Gasteiger partial charge in [0.2, 0.25) is 0 Å². The van der Waals surface area contributed by atoms with E-state index in [4.69, 9.17) is 0 Å². The molecule has 0 aromatic heterocycles. The first kappa shape index (κ1) is 9.04. The fourth-order valence-corrected chi connectivity index (χ4v) is 2.46. The second-order valence-electron chi connectivity index (χ2n) is 4.56. The molecule has 1 aliphatic heterocycles. The molecule has 3 nitrogen and oxygen atoms in total. The summed E-state index contributed by atoms with van der Waals surface area (Å²) in [6.07, 6.45) is 3.49. The van der Waals surface area contributed by atoms with E-state index in [9.17, 15) is 10.2 Å². The lowest BCUT2D eigenvalue weighted by molar-refractivity contribution is 0.395. The van der Waals surface area contributed by atoms with Gasteiger partial charge in [-0.05, 0) is 55.0 Å². The van der Waals surface area contributed by atoms with E-state index in [0.717, 1.165) is 18.9 Å². The van der Waals surface area contributed by atoms with Crippen molar-refractivity contribution in [2.75, 3.05) is 6.54 Å². The summed E-state index contributed by atoms with van der Waals surface area (Å²) in [6, 6.07) is 3.82. The molecule has 3 rings (SSSR count). The molecule has 0 saturated heterocycles. The maximum absolute atomic E-state index is 9.52. The van der Waals surface area contributed by atoms with Gasteiger partial charge in [0.15, 0.2) is 11.5 Å². The summed E-state index contributed by atoms with van der Waals surface area (Å²) in [4.78, 5) is 0. The molecule has 15 heavy (non-hydrogen) atoms. The number of nitrogens with one attached hydrogen (secondary N) is 1. The quantitative estimate of drug-likeness (QED) is 0.611. The van der Waals surface area contributed by atoms with Crippen molar-refractivity contribution < 1.29 is 10.2 Å². The van der Waals surface area contributed by atoms with Crippen LogP contribution >= 0.6 is 0 Å². The van der Waals surface area contributed by atoms with Crippen LogP contribution in [-0.2, 0) is 6.42 Å². The van der Waals surface area contributed by atoms with Crippen LogP contribution in [0.15, 0.2) is 12.1 Å². The third-order valence-corrected chi connectivity index (χ3v) is 3.42. The Balaban J connectivity index is 2.05. The van der Waals surface area contributed by atoms with Crippen LogP contribution in [0.4, 0.5) is 0 Å². The SMILES string of the molecule is Oc1cc2c(cc1O)C(C1CC1)NCC2. The summed E-state index contributed by atoms with van der Waals surface area (Å²) >= 11 is 0. The van der Waals surface area contributed by atoms with Gasteiger partial charge in [0.05, 0.1) is 0 Å². The molecular formula is C12H15NO2. The fraction of sp³-hybridized carbons (Fsp3) is 0.500. The molecule has 1 fully saturated rings. The lowest BCUT2D eigenvalue weighted by Gasteiger charge is -2.27. The number of phenolic OH excluding ortho intramolecular Hbond substituents is 2. The number of rotatable bonds is 1. The highest BCUT2D eigenvalue weighted by atomic mass is 16.3. The van der Waals surface area contributed by atoms with Crippen molar-refractivity contribution in [2.45, 2.75) is 25.3 Å². The van der Waals surface area contributed by atoms with E-state index in [1.54, 1.807) is 12.1 Å². The Morgan fingerprint density at radius 1 is 1.13 bits per heavy atom. The molecule has 1 unspecified atom stereocenters. The standard InChI is InChI=1S/C12H15NO2/c14-10-5-8-3-4-13-12(7-1-2-7)9(8)6-11(10)15/h5-7,12-15H,1-4H2. The summed E-state index contributed by atoms with van der Waals surface area (Å²) < 4.78 is 0. The minimum atomic E-state index is 0.00287. The van der Waals surface area contributed by atoms with Crippen LogP contribution in [0.5, 0.6) is 11.5 Å². The zero-order chi connectivity index (χ0) is 10.4. The van der Waals surface area contributed by atoms with Crippen molar-refractivity contribution in [1.29, 1.82) is 0 Å². The predicted molar refractivity (Wildman–Crippen MR) is 56.9 cm³/mol. The normalized spacial score (nSPS) is 24.9. The van der Waals surface area contributed by atoms with E-state index >= 15 is 0 Å². The topological polar surface area (TPSA) is 52.5 Å². The summed E-state index contributed by atoms with van der Waals surface area (Å²) in [7, 11) is 0. The van der Waals surface area contributed by atoms with Crippen molar-refractivity contribution in [3.05, 3.63) is 23.3 Å². The van der Waals surface area contributed by atoms with Gasteiger partial charge in [0.25, 0.3) is 0 Å². The predicted octanol–water partition coefficient (Wildman–Crippen LogP) is 1.69. The van der Waals surface area contributed by atoms with Gasteiger partial charge in [0.1, 0.15) is 0 Å². The van der Waals surface area contributed by atoms with E-state index in [0.29, 0.717) is 6.04 Å². The van der Waals surface area contributed by atoms with Gasteiger partial charge in [-0.1, -0.05) is 0 Å². The molecule has 1 heterocycles. The second kappa shape index (κ2) is 3.14. The molecule has 0 bridgehead atoms. The molecule has 1 atom stereocenters. The first-order chi connectivity index (χ1) is 7.25. The third kappa shape index (κ3) is 1.47. The molecule has 3 N–H and O–H groups in total. The van der Waals surface area contributed by atoms with E-state index < -0.39 is 0 Å². The van der Waals surface area contributed by atoms with Gasteiger partial charge in [-0.25, -0.2) is 0 Å². The van der Waals surface area contributed by atoms with Gasteiger partial charge in [-0.2, -0.15) is 0 Å². The van der Waals surface area contributed by atoms with Gasteiger partial charge >= 0.3 is 0 Å². The molecular weight excluding hydrogens is 190 g/mol. The monoisotopic (exact) mass is 205 g/mol. The van der Waals surface area contributed by atoms with Crippen LogP contribution < -0.4 is 5.32 Å². The van der Waals surface area contributed by atoms with Gasteiger partial charge in [-0.15, -0.1) is 0 Å². The minimum absolute atomic E-state index is 0.00287. The van der Waals surface area contributed by atoms with Gasteiger partial charge < -0.3 is 15.5 Å². The Kier molecular flexibility index (Phi) is 1.89. The molecule has 80 valence electrons. The maximum atomic E-state index is 9.52. The van der Waals surface area contributed by atoms with Crippen LogP contribution in [0, 0.1) is 5.92 Å². The van der Waals surface area contributed by atoms with Crippen LogP contribution in [0.3, 0.4) is 0 Å². The van der Waals surface area contributed by atoms with Crippen LogP contribution in [0.1, 0.15) is 30.0 Å². The molecule has 1 aliphatic carbocycles. The number of fused-ring (bicyclic) bond motifs is 1. The number of aromatic hydroxyl groups is 2. The van der Waals surface area contributed by atoms with Crippen molar-refractivity contribution in [3.8, 4) is 11.5 Å². The summed E-state index contributed by atoms with van der Waals surface area (Å²) in [5, 5.41) is 22.5. The van der Waals surface area contributed by atoms with E-state index in [-0.39, 0.29) is 11.5 Å². The van der Waals surface area contributed by atoms with Crippen molar-refractivity contribution in [2.24, 2.45) is 5.92 Å². The molecule has 2 aliphatic rings. The third-order valence-electron chi connectivity index (χ3n) is 3.42. The molecule has 0 radical (unpaired) electrons. The van der Waals surface area contributed by atoms with Gasteiger partial charge in [-0.3, -0.25) is 0 Å². The Hall–Kier alpha value is -1.22. The van der Waals surface area contributed by atoms with Crippen molar-refractivity contribution >= 4 is 0 Å². The lowest BCUT2D eigenvalue weighted by atomic mass is 9.91. The number of benzene rings is 1. The minimum Gasteiger partial charge on any atom is -0.504 e. The highest BCUT2D eigenvalue weighted by Gasteiger charge is 2.35. The Morgan fingerprint density at radius 2 is 1.87 bits per heavy atom. The molecule has 1 aromatic carbocycles. The first-order valence-corrected chi connectivity index (χ1v) is 5.54. The van der Waals surface area contributed by atoms with Crippen LogP contribution in [0.2, 0.25) is 0 Å². The molecule has 0 amide bonds. The number of hydrogen-bond donors (Lipinski definition) is 3. The molecule has 1 aromatic rings. The van der Waals surface area contributed by atoms with Crippen molar-refractivity contribution in [3.63, 3.8) is 0 Å². The van der Waals surface area contributed by atoms with Crippen LogP contribution in [0.25, 0.3) is 0 Å². The average molecular weight is 205 g/mol. The van der Waals surface area contributed by atoms with Gasteiger partial charge in [0, 0.05) is 6.04 Å². The summed E-state index contributed by atoms with van der Waals surface area (Å²) in [6.45, 7) is 0.971. The highest BCUT2D eigenvalue weighted by molar-refractivity contribution is 5.48. The second-order valence-corrected chi connectivity index (χ2v) is 4.56. The molecule has 1 saturated carbocycles. The fourth-order valence-electron chi connectivity index (χ4n) is 2.46. The lowest BCUT2D eigenvalue weighted by Crippen LogP contribution is -2.31. The zero-order valence-corrected chi connectivity index (χ0v) is 8.53. The zero-order valence-electron chi connectivity index (χ0n) is 8.53. The average Bonchev–Trinajstić information content (AvgIpc) is 3.02. The molecule has 0 spiro atoms. The van der Waals surface area contributed by atoms with E-state index in [2.05, 4.69) is 5.32 Å². The van der Waals surface area contributed by atoms with Crippen LogP contribution in [-0.4, -0.2) is 16.8 Å². The highest BCUT2D eigenvalue weighted by Crippen LogP contribution is 2.45. The smallest absolute Gasteiger partial charge is 0.157 e. The molecule has 3 heteroatoms. The summed E-state index contributed by atoms with van der Waals surface area (Å²) in [5.74, 6) is 0.737. The van der Waals surface area contributed by atoms with E-state index in [1.807, 2.05) is 0 Å². The first-order valence-electron chi connectivity index (χ1n) is 5.54.